The molecule has 1 saturated heterocycles. The molecule has 0 radical (unpaired) electrons. The van der Waals surface area contributed by atoms with Gasteiger partial charge < -0.3 is 25.0 Å². The molecule has 0 spiro atoms. The lowest BCUT2D eigenvalue weighted by molar-refractivity contribution is -0.238. The van der Waals surface area contributed by atoms with Crippen LogP contribution < -0.4 is 5.32 Å². The van der Waals surface area contributed by atoms with Gasteiger partial charge in [-0.1, -0.05) is 92.2 Å². The molecule has 1 heterocycles. The average molecular weight is 829 g/mol. The fraction of sp³-hybridized carbons (Fsp3) is 0.784. The highest BCUT2D eigenvalue weighted by Gasteiger charge is 2.71. The minimum absolute atomic E-state index is 0.00640. The highest BCUT2D eigenvalue weighted by atomic mass is 16.5. The monoisotopic (exact) mass is 829 g/mol. The Balaban J connectivity index is 0.978. The third-order valence-electron chi connectivity index (χ3n) is 19.4. The van der Waals surface area contributed by atoms with Crippen molar-refractivity contribution in [3.05, 3.63) is 46.5 Å². The van der Waals surface area contributed by atoms with Crippen LogP contribution in [0.3, 0.4) is 0 Å². The second-order valence-electron chi connectivity index (χ2n) is 23.0. The molecule has 9 heteroatoms. The summed E-state index contributed by atoms with van der Waals surface area (Å²) < 4.78 is 12.0. The Hall–Kier alpha value is -2.59. The number of ketones is 1. The Morgan fingerprint density at radius 1 is 0.850 bits per heavy atom. The zero-order valence-corrected chi connectivity index (χ0v) is 38.3. The maximum atomic E-state index is 14.2. The number of aliphatic hydroxyl groups excluding tert-OH is 1. The molecule has 0 aromatic heterocycles. The van der Waals surface area contributed by atoms with Crippen LogP contribution in [0.4, 0.5) is 0 Å². The first-order chi connectivity index (χ1) is 28.2. The summed E-state index contributed by atoms with van der Waals surface area (Å²) in [7, 11) is 0. The number of hydrogen-bond acceptors (Lipinski definition) is 8. The summed E-state index contributed by atoms with van der Waals surface area (Å²) in [5.41, 5.74) is 3.62. The first-order valence-electron chi connectivity index (χ1n) is 23.7. The van der Waals surface area contributed by atoms with E-state index in [1.807, 2.05) is 13.8 Å². The summed E-state index contributed by atoms with van der Waals surface area (Å²) in [6, 6.07) is 8.83. The summed E-state index contributed by atoms with van der Waals surface area (Å²) in [4.78, 5) is 42.1. The van der Waals surface area contributed by atoms with E-state index in [2.05, 4.69) is 82.9 Å². The van der Waals surface area contributed by atoms with Gasteiger partial charge in [0.2, 0.25) is 0 Å². The molecule has 9 nitrogen and oxygen atoms in total. The molecule has 0 unspecified atom stereocenters. The quantitative estimate of drug-likeness (QED) is 0.188. The van der Waals surface area contributed by atoms with Gasteiger partial charge in [0.05, 0.1) is 31.2 Å². The molecule has 7 aliphatic rings. The standard InChI is InChI=1S/C51H76N2O7/c1-31(2)42-37(54)27-51(40(55)29-52-28-32-10-12-33(13-11-32)30-53-22-24-59-25-23-53)21-20-49(8)34(43(42)51)14-15-39-48(7)18-17-41(47(5,6)38(48)16-19-50(39,49)9)60-45(58)36-26-35(44(56)57)46(36,3)4/h10-13,31,34-36,38-41,52,55H,14-30H2,1-9H3,(H,56,57)/t34-,35+,36-,38+,39-,40+,41+,48+,49-,50-,51+/m1/s1. The predicted octanol–water partition coefficient (Wildman–Crippen LogP) is 8.61. The Bertz CT molecular complexity index is 1860. The van der Waals surface area contributed by atoms with E-state index in [1.165, 1.54) is 16.7 Å². The third kappa shape index (κ3) is 6.79. The summed E-state index contributed by atoms with van der Waals surface area (Å²) >= 11 is 0. The zero-order valence-electron chi connectivity index (χ0n) is 38.3. The zero-order chi connectivity index (χ0) is 43.2. The number of nitrogens with one attached hydrogen (secondary N) is 1. The molecule has 6 aliphatic carbocycles. The van der Waals surface area contributed by atoms with E-state index in [9.17, 15) is 24.6 Å². The number of allylic oxidation sites excluding steroid dienone is 1. The van der Waals surface area contributed by atoms with Crippen molar-refractivity contribution >= 4 is 17.7 Å². The number of fused-ring (bicyclic) bond motifs is 7. The summed E-state index contributed by atoms with van der Waals surface area (Å²) in [6.45, 7) is 26.1. The van der Waals surface area contributed by atoms with Gasteiger partial charge in [0.15, 0.2) is 5.78 Å². The van der Waals surface area contributed by atoms with Gasteiger partial charge in [0.1, 0.15) is 6.10 Å². The number of carbonyl (C=O) groups excluding carboxylic acids is 2. The number of rotatable bonds is 11. The van der Waals surface area contributed by atoms with Crippen LogP contribution in [0.1, 0.15) is 138 Å². The van der Waals surface area contributed by atoms with Crippen molar-refractivity contribution < 1.29 is 34.1 Å². The average Bonchev–Trinajstić information content (AvgIpc) is 3.50. The molecular weight excluding hydrogens is 753 g/mol. The van der Waals surface area contributed by atoms with Crippen LogP contribution in [0.25, 0.3) is 0 Å². The van der Waals surface area contributed by atoms with Crippen molar-refractivity contribution in [1.82, 2.24) is 10.2 Å². The second-order valence-corrected chi connectivity index (χ2v) is 23.0. The molecule has 3 N–H and O–H groups in total. The molecule has 1 aromatic carbocycles. The number of aliphatic hydroxyl groups is 1. The number of morpholine rings is 1. The van der Waals surface area contributed by atoms with E-state index in [1.54, 1.807) is 0 Å². The summed E-state index contributed by atoms with van der Waals surface area (Å²) in [5, 5.41) is 25.7. The van der Waals surface area contributed by atoms with Crippen molar-refractivity contribution in [3.8, 4) is 0 Å². The predicted molar refractivity (Wildman–Crippen MR) is 233 cm³/mol. The fourth-order valence-corrected chi connectivity index (χ4v) is 15.6. The molecule has 0 bridgehead atoms. The van der Waals surface area contributed by atoms with Crippen LogP contribution in [0, 0.1) is 68.0 Å². The van der Waals surface area contributed by atoms with Gasteiger partial charge >= 0.3 is 11.9 Å². The van der Waals surface area contributed by atoms with Gasteiger partial charge in [-0.05, 0) is 120 Å². The maximum absolute atomic E-state index is 14.2. The number of esters is 1. The van der Waals surface area contributed by atoms with Crippen LogP contribution in [0.2, 0.25) is 0 Å². The van der Waals surface area contributed by atoms with Crippen LogP contribution in [-0.4, -0.2) is 77.9 Å². The Morgan fingerprint density at radius 3 is 2.18 bits per heavy atom. The number of carbonyl (C=O) groups is 3. The smallest absolute Gasteiger partial charge is 0.309 e. The number of aliphatic carboxylic acids is 1. The van der Waals surface area contributed by atoms with Crippen LogP contribution >= 0.6 is 0 Å². The van der Waals surface area contributed by atoms with Crippen molar-refractivity contribution in [2.24, 2.45) is 68.0 Å². The normalized spacial score (nSPS) is 40.1. The number of carboxylic acids is 1. The first-order valence-corrected chi connectivity index (χ1v) is 23.7. The number of benzene rings is 1. The van der Waals surface area contributed by atoms with Crippen LogP contribution in [0.15, 0.2) is 35.4 Å². The lowest BCUT2D eigenvalue weighted by Gasteiger charge is -2.72. The topological polar surface area (TPSA) is 125 Å². The lowest BCUT2D eigenvalue weighted by Crippen LogP contribution is -2.66. The molecule has 1 aromatic rings. The molecular formula is C51H76N2O7. The maximum Gasteiger partial charge on any atom is 0.309 e. The molecule has 6 fully saturated rings. The van der Waals surface area contributed by atoms with Crippen molar-refractivity contribution in [2.45, 2.75) is 152 Å². The van der Waals surface area contributed by atoms with Gasteiger partial charge in [-0.15, -0.1) is 0 Å². The van der Waals surface area contributed by atoms with Crippen LogP contribution in [0.5, 0.6) is 0 Å². The molecule has 5 saturated carbocycles. The van der Waals surface area contributed by atoms with Gasteiger partial charge in [0, 0.05) is 50.0 Å². The highest BCUT2D eigenvalue weighted by Crippen LogP contribution is 2.77. The number of carboxylic acid groups (broad SMARTS) is 1. The largest absolute Gasteiger partial charge is 0.481 e. The molecule has 11 atom stereocenters. The number of ether oxygens (including phenoxy) is 2. The summed E-state index contributed by atoms with van der Waals surface area (Å²) in [6.07, 6.45) is 7.94. The van der Waals surface area contributed by atoms with Crippen molar-refractivity contribution in [2.75, 3.05) is 32.8 Å². The van der Waals surface area contributed by atoms with E-state index < -0.39 is 28.8 Å². The Morgan fingerprint density at radius 2 is 1.53 bits per heavy atom. The van der Waals surface area contributed by atoms with Gasteiger partial charge in [-0.3, -0.25) is 19.3 Å². The minimum atomic E-state index is -0.826. The fourth-order valence-electron chi connectivity index (χ4n) is 15.6. The number of hydrogen-bond donors (Lipinski definition) is 3. The van der Waals surface area contributed by atoms with Gasteiger partial charge in [-0.25, -0.2) is 0 Å². The molecule has 60 heavy (non-hydrogen) atoms. The molecule has 8 rings (SSSR count). The Kier molecular flexibility index (Phi) is 11.4. The lowest BCUT2D eigenvalue weighted by atomic mass is 9.33. The molecule has 1 aliphatic heterocycles. The summed E-state index contributed by atoms with van der Waals surface area (Å²) in [5.74, 6) is -0.408. The van der Waals surface area contributed by atoms with E-state index in [4.69, 9.17) is 9.47 Å². The van der Waals surface area contributed by atoms with Crippen molar-refractivity contribution in [3.63, 3.8) is 0 Å². The Labute approximate surface area is 360 Å². The van der Waals surface area contributed by atoms with E-state index >= 15 is 0 Å². The first kappa shape index (κ1) is 44.0. The molecule has 332 valence electrons. The second kappa shape index (κ2) is 15.6. The van der Waals surface area contributed by atoms with E-state index in [0.29, 0.717) is 37.8 Å². The third-order valence-corrected chi connectivity index (χ3v) is 19.4. The van der Waals surface area contributed by atoms with E-state index in [-0.39, 0.29) is 57.3 Å². The van der Waals surface area contributed by atoms with Gasteiger partial charge in [-0.2, -0.15) is 0 Å². The van der Waals surface area contributed by atoms with Crippen LogP contribution in [-0.2, 0) is 36.9 Å². The minimum Gasteiger partial charge on any atom is -0.481 e. The number of nitrogens with zero attached hydrogens (tertiary/aromatic N) is 1. The number of Topliss-reactive ketones (excluding diaryl/α,β-unsaturated/α-hetero) is 1. The van der Waals surface area contributed by atoms with Crippen molar-refractivity contribution in [1.29, 1.82) is 0 Å². The molecule has 0 amide bonds. The highest BCUT2D eigenvalue weighted by molar-refractivity contribution is 6.00. The SMILES string of the molecule is CC(C)C1=C2[C@H]3CC[C@@H]4[C@@]5(C)CC[C@H](OC(=O)[C@H]6C[C@@H](C(=O)O)C6(C)C)C(C)(C)[C@@H]5CC[C@@]4(C)[C@]3(C)CC[C@@]2([C@@H](O)CNCc2ccc(CN3CCOCC3)cc2)CC1=O. The van der Waals surface area contributed by atoms with Gasteiger partial charge in [0.25, 0.3) is 0 Å². The van der Waals surface area contributed by atoms with E-state index in [0.717, 1.165) is 89.8 Å².